The Morgan fingerprint density at radius 3 is 2.90 bits per heavy atom. The molecule has 1 amide bonds. The van der Waals surface area contributed by atoms with Crippen molar-refractivity contribution in [3.05, 3.63) is 22.4 Å². The molecule has 1 aromatic rings. The summed E-state index contributed by atoms with van der Waals surface area (Å²) in [5.74, 6) is -0.603. The van der Waals surface area contributed by atoms with Crippen LogP contribution in [0.2, 0.25) is 0 Å². The Morgan fingerprint density at radius 1 is 1.45 bits per heavy atom. The highest BCUT2D eigenvalue weighted by atomic mass is 32.2. The van der Waals surface area contributed by atoms with E-state index in [1.165, 1.54) is 4.88 Å². The summed E-state index contributed by atoms with van der Waals surface area (Å²) < 4.78 is 23.7. The van der Waals surface area contributed by atoms with Gasteiger partial charge < -0.3 is 5.73 Å². The van der Waals surface area contributed by atoms with Crippen molar-refractivity contribution >= 4 is 27.1 Å². The number of hydrogen-bond acceptors (Lipinski definition) is 5. The first-order valence-electron chi connectivity index (χ1n) is 6.74. The lowest BCUT2D eigenvalue weighted by molar-refractivity contribution is -0.117. The lowest BCUT2D eigenvalue weighted by atomic mass is 10.2. The Labute approximate surface area is 123 Å². The van der Waals surface area contributed by atoms with Crippen molar-refractivity contribution in [3.8, 4) is 0 Å². The highest BCUT2D eigenvalue weighted by Gasteiger charge is 2.27. The zero-order valence-corrected chi connectivity index (χ0v) is 13.0. The normalized spacial score (nSPS) is 20.3. The molecule has 1 aliphatic rings. The average Bonchev–Trinajstić information content (AvgIpc) is 3.04. The topological polar surface area (TPSA) is 80.5 Å². The van der Waals surface area contributed by atoms with E-state index in [9.17, 15) is 13.2 Å². The van der Waals surface area contributed by atoms with Crippen LogP contribution < -0.4 is 5.73 Å². The lowest BCUT2D eigenvalue weighted by Crippen LogP contribution is -2.30. The molecule has 2 N–H and O–H groups in total. The molecule has 7 heteroatoms. The molecule has 1 aliphatic heterocycles. The molecule has 2 heterocycles. The van der Waals surface area contributed by atoms with E-state index >= 15 is 0 Å². The second-order valence-corrected chi connectivity index (χ2v) is 8.36. The molecule has 2 rings (SSSR count). The van der Waals surface area contributed by atoms with Crippen LogP contribution >= 0.6 is 11.3 Å². The summed E-state index contributed by atoms with van der Waals surface area (Å²) in [4.78, 5) is 14.2. The molecule has 1 unspecified atom stereocenters. The highest BCUT2D eigenvalue weighted by Crippen LogP contribution is 2.34. The molecule has 1 fully saturated rings. The van der Waals surface area contributed by atoms with Gasteiger partial charge in [-0.05, 0) is 30.8 Å². The second-order valence-electron chi connectivity index (χ2n) is 5.08. The van der Waals surface area contributed by atoms with Crippen molar-refractivity contribution in [2.75, 3.05) is 24.6 Å². The molecule has 1 saturated heterocycles. The van der Waals surface area contributed by atoms with E-state index in [4.69, 9.17) is 5.73 Å². The molecule has 1 aromatic heterocycles. The van der Waals surface area contributed by atoms with Crippen LogP contribution in [-0.2, 0) is 14.6 Å². The molecular formula is C13H20N2O3S2. The molecule has 0 radical (unpaired) electrons. The average molecular weight is 316 g/mol. The Kier molecular flexibility index (Phi) is 5.17. The summed E-state index contributed by atoms with van der Waals surface area (Å²) in [6.07, 6.45) is 2.10. The maximum Gasteiger partial charge on any atom is 0.218 e. The van der Waals surface area contributed by atoms with E-state index in [2.05, 4.69) is 16.3 Å². The third kappa shape index (κ3) is 4.29. The number of carbonyl (C=O) groups is 1. The number of rotatable bonds is 7. The van der Waals surface area contributed by atoms with Gasteiger partial charge in [-0.1, -0.05) is 6.07 Å². The number of nitrogens with zero attached hydrogens (tertiary/aromatic N) is 1. The Bertz CT molecular complexity index is 540. The molecule has 0 spiro atoms. The van der Waals surface area contributed by atoms with Crippen LogP contribution in [0.3, 0.4) is 0 Å². The van der Waals surface area contributed by atoms with Crippen molar-refractivity contribution in [3.63, 3.8) is 0 Å². The molecule has 0 saturated carbocycles. The first-order valence-corrected chi connectivity index (χ1v) is 9.44. The van der Waals surface area contributed by atoms with Gasteiger partial charge in [0.25, 0.3) is 0 Å². The van der Waals surface area contributed by atoms with Gasteiger partial charge in [0.15, 0.2) is 9.84 Å². The van der Waals surface area contributed by atoms with Crippen LogP contribution in [0.25, 0.3) is 0 Å². The second kappa shape index (κ2) is 6.69. The molecule has 0 aliphatic carbocycles. The smallest absolute Gasteiger partial charge is 0.218 e. The number of hydrogen-bond donors (Lipinski definition) is 1. The number of likely N-dealkylation sites (tertiary alicyclic amines) is 1. The summed E-state index contributed by atoms with van der Waals surface area (Å²) in [5.41, 5.74) is 4.99. The molecule has 1 atom stereocenters. The van der Waals surface area contributed by atoms with Crippen LogP contribution in [0.1, 0.15) is 30.2 Å². The van der Waals surface area contributed by atoms with Gasteiger partial charge in [-0.15, -0.1) is 11.3 Å². The third-order valence-corrected chi connectivity index (χ3v) is 6.19. The Morgan fingerprint density at radius 2 is 2.25 bits per heavy atom. The minimum atomic E-state index is -3.20. The fourth-order valence-corrected chi connectivity index (χ4v) is 4.64. The standard InChI is InChI=1S/C13H20N2O3S2/c14-13(16)5-9-20(17,18)10-7-15-6-1-3-11(15)12-4-2-8-19-12/h2,4,8,11H,1,3,5-7,9-10H2,(H2,14,16). The molecule has 0 bridgehead atoms. The van der Waals surface area contributed by atoms with Gasteiger partial charge in [-0.25, -0.2) is 8.42 Å². The summed E-state index contributed by atoms with van der Waals surface area (Å²) in [6, 6.07) is 4.48. The zero-order chi connectivity index (χ0) is 14.6. The monoisotopic (exact) mass is 316 g/mol. The maximum absolute atomic E-state index is 11.9. The molecule has 112 valence electrons. The van der Waals surface area contributed by atoms with Crippen LogP contribution in [0.15, 0.2) is 17.5 Å². The Balaban J connectivity index is 1.88. The fourth-order valence-electron chi connectivity index (χ4n) is 2.51. The number of carbonyl (C=O) groups excluding carboxylic acids is 1. The number of amides is 1. The molecule has 0 aromatic carbocycles. The summed E-state index contributed by atoms with van der Waals surface area (Å²) in [5, 5.41) is 2.05. The minimum Gasteiger partial charge on any atom is -0.370 e. The highest BCUT2D eigenvalue weighted by molar-refractivity contribution is 7.91. The largest absolute Gasteiger partial charge is 0.370 e. The first kappa shape index (κ1) is 15.5. The van der Waals surface area contributed by atoms with Crippen molar-refractivity contribution in [2.45, 2.75) is 25.3 Å². The number of nitrogens with two attached hydrogens (primary N) is 1. The molecular weight excluding hydrogens is 296 g/mol. The van der Waals surface area contributed by atoms with Gasteiger partial charge in [0.2, 0.25) is 5.91 Å². The zero-order valence-electron chi connectivity index (χ0n) is 11.3. The van der Waals surface area contributed by atoms with Gasteiger partial charge in [-0.2, -0.15) is 0 Å². The minimum absolute atomic E-state index is 0.0866. The quantitative estimate of drug-likeness (QED) is 0.819. The van der Waals surface area contributed by atoms with Crippen molar-refractivity contribution in [2.24, 2.45) is 5.73 Å². The van der Waals surface area contributed by atoms with E-state index in [-0.39, 0.29) is 17.9 Å². The Hall–Kier alpha value is -0.920. The molecule has 20 heavy (non-hydrogen) atoms. The van der Waals surface area contributed by atoms with E-state index in [0.29, 0.717) is 12.6 Å². The predicted molar refractivity (Wildman–Crippen MR) is 80.3 cm³/mol. The van der Waals surface area contributed by atoms with Crippen molar-refractivity contribution < 1.29 is 13.2 Å². The summed E-state index contributed by atoms with van der Waals surface area (Å²) >= 11 is 1.72. The summed E-state index contributed by atoms with van der Waals surface area (Å²) in [6.45, 7) is 1.47. The maximum atomic E-state index is 11.9. The predicted octanol–water partition coefficient (Wildman–Crippen LogP) is 1.18. The number of primary amides is 1. The van der Waals surface area contributed by atoms with Crippen molar-refractivity contribution in [1.29, 1.82) is 0 Å². The van der Waals surface area contributed by atoms with Gasteiger partial charge >= 0.3 is 0 Å². The van der Waals surface area contributed by atoms with E-state index in [1.54, 1.807) is 11.3 Å². The first-order chi connectivity index (χ1) is 9.48. The molecule has 5 nitrogen and oxygen atoms in total. The van der Waals surface area contributed by atoms with Crippen LogP contribution in [0, 0.1) is 0 Å². The SMILES string of the molecule is NC(=O)CCS(=O)(=O)CCN1CCCC1c1cccs1. The number of thiophene rings is 1. The van der Waals surface area contributed by atoms with Gasteiger partial charge in [0.1, 0.15) is 0 Å². The van der Waals surface area contributed by atoms with Gasteiger partial charge in [-0.3, -0.25) is 9.69 Å². The van der Waals surface area contributed by atoms with E-state index < -0.39 is 15.7 Å². The van der Waals surface area contributed by atoms with Gasteiger partial charge in [0.05, 0.1) is 11.5 Å². The summed E-state index contributed by atoms with van der Waals surface area (Å²) in [7, 11) is -3.20. The van der Waals surface area contributed by atoms with E-state index in [0.717, 1.165) is 19.4 Å². The van der Waals surface area contributed by atoms with Crippen molar-refractivity contribution in [1.82, 2.24) is 4.90 Å². The fraction of sp³-hybridized carbons (Fsp3) is 0.615. The van der Waals surface area contributed by atoms with Crippen LogP contribution in [0.5, 0.6) is 0 Å². The van der Waals surface area contributed by atoms with Gasteiger partial charge in [0, 0.05) is 23.9 Å². The van der Waals surface area contributed by atoms with Crippen LogP contribution in [-0.4, -0.2) is 43.8 Å². The number of sulfone groups is 1. The lowest BCUT2D eigenvalue weighted by Gasteiger charge is -2.23. The third-order valence-electron chi connectivity index (χ3n) is 3.58. The van der Waals surface area contributed by atoms with Crippen LogP contribution in [0.4, 0.5) is 0 Å². The van der Waals surface area contributed by atoms with E-state index in [1.807, 2.05) is 6.07 Å².